The summed E-state index contributed by atoms with van der Waals surface area (Å²) in [7, 11) is 0. The fourth-order valence-electron chi connectivity index (χ4n) is 3.03. The van der Waals surface area contributed by atoms with Gasteiger partial charge in [0.1, 0.15) is 16.3 Å². The van der Waals surface area contributed by atoms with Gasteiger partial charge in [0, 0.05) is 31.1 Å². The van der Waals surface area contributed by atoms with Crippen LogP contribution in [0.3, 0.4) is 0 Å². The van der Waals surface area contributed by atoms with E-state index in [9.17, 15) is 4.79 Å². The molecule has 0 spiro atoms. The van der Waals surface area contributed by atoms with Crippen molar-refractivity contribution in [2.75, 3.05) is 13.1 Å². The summed E-state index contributed by atoms with van der Waals surface area (Å²) in [6, 6.07) is 1.98. The standard InChI is InChI=1S/C16H21N3O2S/c1-11-4-7-21-14(11)8-19-6-5-16(10-19,18-13(3)20)15-17-12(2)9-22-15/h4,7,9H,5-6,8,10H2,1-3H3,(H,18,20). The highest BCUT2D eigenvalue weighted by atomic mass is 32.1. The number of amides is 1. The maximum atomic E-state index is 11.7. The summed E-state index contributed by atoms with van der Waals surface area (Å²) < 4.78 is 5.54. The topological polar surface area (TPSA) is 58.4 Å². The molecule has 0 saturated carbocycles. The summed E-state index contributed by atoms with van der Waals surface area (Å²) in [6.07, 6.45) is 2.60. The van der Waals surface area contributed by atoms with Gasteiger partial charge in [-0.3, -0.25) is 9.69 Å². The van der Waals surface area contributed by atoms with E-state index >= 15 is 0 Å². The molecule has 22 heavy (non-hydrogen) atoms. The quantitative estimate of drug-likeness (QED) is 0.941. The number of hydrogen-bond donors (Lipinski definition) is 1. The SMILES string of the molecule is CC(=O)NC1(c2nc(C)cs2)CCN(Cc2occc2C)C1. The molecule has 0 aromatic carbocycles. The van der Waals surface area contributed by atoms with Crippen molar-refractivity contribution >= 4 is 17.2 Å². The van der Waals surface area contributed by atoms with Crippen molar-refractivity contribution in [1.82, 2.24) is 15.2 Å². The minimum absolute atomic E-state index is 0.0103. The van der Waals surface area contributed by atoms with E-state index in [0.29, 0.717) is 0 Å². The number of hydrogen-bond acceptors (Lipinski definition) is 5. The molecule has 1 unspecified atom stereocenters. The number of aryl methyl sites for hydroxylation is 2. The number of aromatic nitrogens is 1. The van der Waals surface area contributed by atoms with Crippen LogP contribution in [-0.4, -0.2) is 28.9 Å². The van der Waals surface area contributed by atoms with E-state index < -0.39 is 0 Å². The van der Waals surface area contributed by atoms with Gasteiger partial charge in [-0.2, -0.15) is 0 Å². The molecule has 1 amide bonds. The van der Waals surface area contributed by atoms with Crippen LogP contribution in [0.4, 0.5) is 0 Å². The number of furan rings is 1. The van der Waals surface area contributed by atoms with Crippen molar-refractivity contribution in [2.45, 2.75) is 39.3 Å². The Balaban J connectivity index is 1.80. The second kappa shape index (κ2) is 5.85. The average Bonchev–Trinajstić information content (AvgIpc) is 3.13. The summed E-state index contributed by atoms with van der Waals surface area (Å²) in [5.74, 6) is 0.984. The van der Waals surface area contributed by atoms with E-state index in [1.54, 1.807) is 24.5 Å². The lowest BCUT2D eigenvalue weighted by molar-refractivity contribution is -0.120. The van der Waals surface area contributed by atoms with Crippen LogP contribution < -0.4 is 5.32 Å². The zero-order chi connectivity index (χ0) is 15.7. The van der Waals surface area contributed by atoms with Crippen molar-refractivity contribution in [3.63, 3.8) is 0 Å². The van der Waals surface area contributed by atoms with Crippen LogP contribution in [-0.2, 0) is 16.9 Å². The number of carbonyl (C=O) groups is 1. The number of thiazole rings is 1. The third-order valence-electron chi connectivity index (χ3n) is 4.13. The third-order valence-corrected chi connectivity index (χ3v) is 5.29. The van der Waals surface area contributed by atoms with E-state index in [0.717, 1.165) is 42.5 Å². The molecule has 2 aromatic rings. The molecule has 1 fully saturated rings. The molecule has 0 aliphatic carbocycles. The molecule has 2 aromatic heterocycles. The van der Waals surface area contributed by atoms with Crippen molar-refractivity contribution < 1.29 is 9.21 Å². The molecule has 0 bridgehead atoms. The van der Waals surface area contributed by atoms with Gasteiger partial charge in [-0.25, -0.2) is 4.98 Å². The number of nitrogens with one attached hydrogen (secondary N) is 1. The first-order valence-corrected chi connectivity index (χ1v) is 8.33. The van der Waals surface area contributed by atoms with E-state index in [-0.39, 0.29) is 11.4 Å². The molecule has 1 N–H and O–H groups in total. The highest BCUT2D eigenvalue weighted by molar-refractivity contribution is 7.09. The third kappa shape index (κ3) is 2.94. The van der Waals surface area contributed by atoms with Crippen LogP contribution in [0.2, 0.25) is 0 Å². The van der Waals surface area contributed by atoms with Gasteiger partial charge in [0.2, 0.25) is 5.91 Å². The summed E-state index contributed by atoms with van der Waals surface area (Å²) in [6.45, 7) is 8.06. The minimum Gasteiger partial charge on any atom is -0.468 e. The fraction of sp³-hybridized carbons (Fsp3) is 0.500. The van der Waals surface area contributed by atoms with E-state index in [2.05, 4.69) is 22.1 Å². The highest BCUT2D eigenvalue weighted by Gasteiger charge is 2.42. The molecule has 5 nitrogen and oxygen atoms in total. The van der Waals surface area contributed by atoms with Gasteiger partial charge < -0.3 is 9.73 Å². The van der Waals surface area contributed by atoms with Gasteiger partial charge in [-0.1, -0.05) is 0 Å². The van der Waals surface area contributed by atoms with Crippen LogP contribution >= 0.6 is 11.3 Å². The molecule has 1 aliphatic heterocycles. The van der Waals surface area contributed by atoms with Crippen LogP contribution in [0.15, 0.2) is 22.1 Å². The van der Waals surface area contributed by atoms with Gasteiger partial charge in [0.05, 0.1) is 12.8 Å². The van der Waals surface area contributed by atoms with Crippen LogP contribution in [0.5, 0.6) is 0 Å². The van der Waals surface area contributed by atoms with Crippen LogP contribution in [0.1, 0.15) is 35.4 Å². The first kappa shape index (κ1) is 15.2. The maximum absolute atomic E-state index is 11.7. The Labute approximate surface area is 134 Å². The molecule has 3 rings (SSSR count). The number of likely N-dealkylation sites (tertiary alicyclic amines) is 1. The lowest BCUT2D eigenvalue weighted by Crippen LogP contribution is -2.47. The molecular weight excluding hydrogens is 298 g/mol. The number of rotatable bonds is 4. The zero-order valence-corrected chi connectivity index (χ0v) is 14.0. The normalized spacial score (nSPS) is 22.1. The van der Waals surface area contributed by atoms with Crippen molar-refractivity contribution in [2.24, 2.45) is 0 Å². The lowest BCUT2D eigenvalue weighted by atomic mass is 9.99. The monoisotopic (exact) mass is 319 g/mol. The number of nitrogens with zero attached hydrogens (tertiary/aromatic N) is 2. The van der Waals surface area contributed by atoms with Gasteiger partial charge >= 0.3 is 0 Å². The molecule has 1 saturated heterocycles. The van der Waals surface area contributed by atoms with Gasteiger partial charge in [0.25, 0.3) is 0 Å². The van der Waals surface area contributed by atoms with Crippen molar-refractivity contribution in [3.05, 3.63) is 39.7 Å². The van der Waals surface area contributed by atoms with Gasteiger partial charge in [-0.15, -0.1) is 11.3 Å². The Morgan fingerprint density at radius 2 is 2.36 bits per heavy atom. The second-order valence-corrected chi connectivity index (χ2v) is 6.90. The molecule has 3 heterocycles. The van der Waals surface area contributed by atoms with E-state index in [1.807, 2.05) is 18.4 Å². The second-order valence-electron chi connectivity index (χ2n) is 6.04. The predicted molar refractivity (Wildman–Crippen MR) is 85.7 cm³/mol. The minimum atomic E-state index is -0.370. The molecule has 118 valence electrons. The average molecular weight is 319 g/mol. The first-order chi connectivity index (χ1) is 10.5. The van der Waals surface area contributed by atoms with Crippen LogP contribution in [0, 0.1) is 13.8 Å². The molecule has 0 radical (unpaired) electrons. The van der Waals surface area contributed by atoms with E-state index in [1.165, 1.54) is 5.56 Å². The van der Waals surface area contributed by atoms with Crippen molar-refractivity contribution in [1.29, 1.82) is 0 Å². The van der Waals surface area contributed by atoms with Crippen molar-refractivity contribution in [3.8, 4) is 0 Å². The van der Waals surface area contributed by atoms with E-state index in [4.69, 9.17) is 4.42 Å². The zero-order valence-electron chi connectivity index (χ0n) is 13.2. The Morgan fingerprint density at radius 1 is 1.55 bits per heavy atom. The molecule has 1 aliphatic rings. The van der Waals surface area contributed by atoms with Crippen LogP contribution in [0.25, 0.3) is 0 Å². The van der Waals surface area contributed by atoms with Gasteiger partial charge in [-0.05, 0) is 31.9 Å². The summed E-state index contributed by atoms with van der Waals surface area (Å²) in [5.41, 5.74) is 1.80. The summed E-state index contributed by atoms with van der Waals surface area (Å²) >= 11 is 1.62. The molecule has 1 atom stereocenters. The highest BCUT2D eigenvalue weighted by Crippen LogP contribution is 2.35. The molecular formula is C16H21N3O2S. The Morgan fingerprint density at radius 3 is 2.95 bits per heavy atom. The maximum Gasteiger partial charge on any atom is 0.217 e. The van der Waals surface area contributed by atoms with Gasteiger partial charge in [0.15, 0.2) is 0 Å². The Bertz CT molecular complexity index is 678. The summed E-state index contributed by atoms with van der Waals surface area (Å²) in [5, 5.41) is 6.18. The number of carbonyl (C=O) groups excluding carboxylic acids is 1. The first-order valence-electron chi connectivity index (χ1n) is 7.45. The predicted octanol–water partition coefficient (Wildman–Crippen LogP) is 2.59. The lowest BCUT2D eigenvalue weighted by Gasteiger charge is -2.28. The summed E-state index contributed by atoms with van der Waals surface area (Å²) in [4.78, 5) is 18.6. The Hall–Kier alpha value is -1.66. The smallest absolute Gasteiger partial charge is 0.217 e. The fourth-order valence-corrected chi connectivity index (χ4v) is 4.01. The largest absolute Gasteiger partial charge is 0.468 e. The Kier molecular flexibility index (Phi) is 4.06. The molecule has 6 heteroatoms.